The second kappa shape index (κ2) is 5.01. The van der Waals surface area contributed by atoms with Crippen molar-refractivity contribution in [2.75, 3.05) is 33.4 Å². The quantitative estimate of drug-likeness (QED) is 0.503. The summed E-state index contributed by atoms with van der Waals surface area (Å²) < 4.78 is 0.831. The maximum atomic E-state index is 9.46. The van der Waals surface area contributed by atoms with Gasteiger partial charge in [-0.3, -0.25) is 0 Å². The lowest BCUT2D eigenvalue weighted by atomic mass is 10.5. The van der Waals surface area contributed by atoms with Crippen LogP contribution >= 0.6 is 11.8 Å². The summed E-state index contributed by atoms with van der Waals surface area (Å²) in [5.41, 5.74) is -0.199. The third-order valence-electron chi connectivity index (χ3n) is 1.22. The molecule has 0 radical (unpaired) electrons. The average molecular weight is 178 g/mol. The molecule has 11 heavy (non-hydrogen) atoms. The largest absolute Gasteiger partial charge is 0.377 e. The van der Waals surface area contributed by atoms with Gasteiger partial charge in [0, 0.05) is 0 Å². The van der Waals surface area contributed by atoms with Crippen molar-refractivity contribution in [2.45, 2.75) is 18.8 Å². The number of thioether (sulfide) groups is 1. The first-order chi connectivity index (χ1) is 4.95. The van der Waals surface area contributed by atoms with Crippen molar-refractivity contribution in [3.05, 3.63) is 0 Å². The van der Waals surface area contributed by atoms with Crippen LogP contribution < -0.4 is 0 Å². The van der Waals surface area contributed by atoms with Gasteiger partial charge in [-0.05, 0) is 12.2 Å². The number of rotatable bonds is 5. The Bertz CT molecular complexity index is 101. The maximum absolute atomic E-state index is 9.46. The molecule has 0 bridgehead atoms. The lowest BCUT2D eigenvalue weighted by Gasteiger charge is -2.26. The lowest BCUT2D eigenvalue weighted by Crippen LogP contribution is -2.40. The molecule has 3 heteroatoms. The van der Waals surface area contributed by atoms with Gasteiger partial charge in [0.25, 0.3) is 0 Å². The second-order valence-electron chi connectivity index (χ2n) is 3.80. The van der Waals surface area contributed by atoms with Gasteiger partial charge in [-0.1, -0.05) is 6.92 Å². The Hall–Kier alpha value is 0.270. The first kappa shape index (κ1) is 11.3. The predicted molar refractivity (Wildman–Crippen MR) is 51.7 cm³/mol. The molecule has 0 saturated carbocycles. The fourth-order valence-corrected chi connectivity index (χ4v) is 1.84. The normalized spacial score (nSPS) is 15.0. The van der Waals surface area contributed by atoms with Crippen LogP contribution in [-0.2, 0) is 0 Å². The molecule has 0 heterocycles. The molecular formula is C8H20NOS+. The van der Waals surface area contributed by atoms with Crippen molar-refractivity contribution in [1.29, 1.82) is 0 Å². The smallest absolute Gasteiger partial charge is 0.148 e. The van der Waals surface area contributed by atoms with Crippen molar-refractivity contribution in [1.82, 2.24) is 0 Å². The van der Waals surface area contributed by atoms with Crippen LogP contribution in [0.15, 0.2) is 0 Å². The average Bonchev–Trinajstić information content (AvgIpc) is 1.79. The molecule has 0 spiro atoms. The van der Waals surface area contributed by atoms with Gasteiger partial charge in [-0.25, -0.2) is 0 Å². The topological polar surface area (TPSA) is 20.2 Å². The van der Waals surface area contributed by atoms with E-state index in [2.05, 4.69) is 28.1 Å². The number of likely N-dealkylation sites (N-methyl/N-ethyl adjacent to an activating group) is 1. The summed E-state index contributed by atoms with van der Waals surface area (Å²) >= 11 is 1.64. The summed E-state index contributed by atoms with van der Waals surface area (Å²) in [4.78, 5) is 0. The van der Waals surface area contributed by atoms with Crippen molar-refractivity contribution < 1.29 is 9.59 Å². The number of quaternary nitrogens is 1. The summed E-state index contributed by atoms with van der Waals surface area (Å²) in [6.45, 7) is 2.95. The van der Waals surface area contributed by atoms with E-state index in [1.807, 2.05) is 0 Å². The number of aliphatic hydroxyl groups is 1. The molecule has 0 aliphatic heterocycles. The minimum absolute atomic E-state index is 0.199. The minimum atomic E-state index is -0.199. The number of hydrogen-bond donors (Lipinski definition) is 1. The first-order valence-corrected chi connectivity index (χ1v) is 5.10. The summed E-state index contributed by atoms with van der Waals surface area (Å²) in [5.74, 6) is 1.06. The van der Waals surface area contributed by atoms with Gasteiger partial charge in [-0.2, -0.15) is 0 Å². The van der Waals surface area contributed by atoms with E-state index in [4.69, 9.17) is 0 Å². The summed E-state index contributed by atoms with van der Waals surface area (Å²) in [7, 11) is 6.28. The highest BCUT2D eigenvalue weighted by atomic mass is 32.2. The van der Waals surface area contributed by atoms with Gasteiger partial charge in [-0.15, -0.1) is 11.8 Å². The van der Waals surface area contributed by atoms with E-state index >= 15 is 0 Å². The number of hydrogen-bond acceptors (Lipinski definition) is 2. The van der Waals surface area contributed by atoms with Crippen LogP contribution in [0, 0.1) is 0 Å². The van der Waals surface area contributed by atoms with Crippen LogP contribution in [0.3, 0.4) is 0 Å². The zero-order valence-electron chi connectivity index (χ0n) is 8.00. The Morgan fingerprint density at radius 2 is 1.91 bits per heavy atom. The molecule has 68 valence electrons. The molecule has 0 aromatic heterocycles. The molecule has 0 aliphatic carbocycles. The third-order valence-corrected chi connectivity index (χ3v) is 2.40. The monoisotopic (exact) mass is 178 g/mol. The number of aliphatic hydroxyl groups excluding tert-OH is 1. The van der Waals surface area contributed by atoms with Gasteiger partial charge in [0.15, 0.2) is 0 Å². The van der Waals surface area contributed by atoms with Crippen molar-refractivity contribution in [3.63, 3.8) is 0 Å². The molecule has 0 aromatic carbocycles. The summed E-state index contributed by atoms with van der Waals surface area (Å²) in [6.07, 6.45) is 1.14. The Morgan fingerprint density at radius 3 is 2.27 bits per heavy atom. The Morgan fingerprint density at radius 1 is 1.36 bits per heavy atom. The Labute approximate surface area is 74.2 Å². The third kappa shape index (κ3) is 8.17. The highest BCUT2D eigenvalue weighted by Gasteiger charge is 2.14. The van der Waals surface area contributed by atoms with E-state index in [0.717, 1.165) is 23.2 Å². The summed E-state index contributed by atoms with van der Waals surface area (Å²) in [5, 5.41) is 9.46. The fourth-order valence-electron chi connectivity index (χ4n) is 0.775. The van der Waals surface area contributed by atoms with Crippen LogP contribution in [-0.4, -0.2) is 48.5 Å². The Balaban J connectivity index is 3.44. The van der Waals surface area contributed by atoms with Crippen molar-refractivity contribution in [3.8, 4) is 0 Å². The van der Waals surface area contributed by atoms with Crippen molar-refractivity contribution in [2.24, 2.45) is 0 Å². The van der Waals surface area contributed by atoms with Crippen LogP contribution in [0.25, 0.3) is 0 Å². The zero-order valence-corrected chi connectivity index (χ0v) is 8.82. The van der Waals surface area contributed by atoms with Gasteiger partial charge in [0.1, 0.15) is 12.0 Å². The molecule has 0 aliphatic rings. The lowest BCUT2D eigenvalue weighted by molar-refractivity contribution is -0.871. The Kier molecular flexibility index (Phi) is 5.13. The molecule has 2 nitrogen and oxygen atoms in total. The minimum Gasteiger partial charge on any atom is -0.377 e. The zero-order chi connectivity index (χ0) is 8.91. The highest BCUT2D eigenvalue weighted by Crippen LogP contribution is 2.11. The summed E-state index contributed by atoms with van der Waals surface area (Å²) in [6, 6.07) is 0. The van der Waals surface area contributed by atoms with E-state index in [1.165, 1.54) is 0 Å². The van der Waals surface area contributed by atoms with Crippen LogP contribution in [0.5, 0.6) is 0 Å². The van der Waals surface area contributed by atoms with Crippen LogP contribution in [0.2, 0.25) is 0 Å². The standard InChI is InChI=1S/C8H20NOS/c1-5-6-11-8(10)7-9(2,3)4/h8,10H,5-7H2,1-4H3/q+1. The van der Waals surface area contributed by atoms with E-state index in [9.17, 15) is 5.11 Å². The second-order valence-corrected chi connectivity index (χ2v) is 5.08. The highest BCUT2D eigenvalue weighted by molar-refractivity contribution is 7.99. The molecule has 0 amide bonds. The molecule has 1 N–H and O–H groups in total. The van der Waals surface area contributed by atoms with Gasteiger partial charge in [0.2, 0.25) is 0 Å². The van der Waals surface area contributed by atoms with Gasteiger partial charge in [0.05, 0.1) is 21.1 Å². The van der Waals surface area contributed by atoms with E-state index < -0.39 is 0 Å². The molecule has 0 aromatic rings. The molecule has 0 rings (SSSR count). The van der Waals surface area contributed by atoms with Crippen LogP contribution in [0.4, 0.5) is 0 Å². The predicted octanol–water partition coefficient (Wildman–Crippen LogP) is 1.15. The first-order valence-electron chi connectivity index (χ1n) is 4.06. The molecule has 1 atom stereocenters. The molecule has 0 fully saturated rings. The molecule has 1 unspecified atom stereocenters. The number of nitrogens with zero attached hydrogens (tertiary/aromatic N) is 1. The SMILES string of the molecule is CCCSC(O)C[N+](C)(C)C. The molecular weight excluding hydrogens is 158 g/mol. The fraction of sp³-hybridized carbons (Fsp3) is 1.00. The van der Waals surface area contributed by atoms with Gasteiger partial charge >= 0.3 is 0 Å². The van der Waals surface area contributed by atoms with Crippen LogP contribution in [0.1, 0.15) is 13.3 Å². The van der Waals surface area contributed by atoms with Crippen molar-refractivity contribution >= 4 is 11.8 Å². The molecule has 0 saturated heterocycles. The van der Waals surface area contributed by atoms with E-state index in [1.54, 1.807) is 11.8 Å². The van der Waals surface area contributed by atoms with E-state index in [0.29, 0.717) is 0 Å². The van der Waals surface area contributed by atoms with E-state index in [-0.39, 0.29) is 5.44 Å². The van der Waals surface area contributed by atoms with Gasteiger partial charge < -0.3 is 9.59 Å². The maximum Gasteiger partial charge on any atom is 0.148 e.